The summed E-state index contributed by atoms with van der Waals surface area (Å²) in [5, 5.41) is 21.0. The monoisotopic (exact) mass is 288 g/mol. The van der Waals surface area contributed by atoms with Gasteiger partial charge in [0.2, 0.25) is 0 Å². The van der Waals surface area contributed by atoms with Crippen LogP contribution < -0.4 is 5.32 Å². The second kappa shape index (κ2) is 7.77. The van der Waals surface area contributed by atoms with E-state index in [2.05, 4.69) is 22.1 Å². The number of nitrogens with zero attached hydrogens (tertiary/aromatic N) is 1. The molecule has 21 heavy (non-hydrogen) atoms. The molecule has 2 rings (SSSR count). The summed E-state index contributed by atoms with van der Waals surface area (Å²) in [7, 11) is 0. The fourth-order valence-electron chi connectivity index (χ4n) is 2.30. The summed E-state index contributed by atoms with van der Waals surface area (Å²) < 4.78 is 0. The lowest BCUT2D eigenvalue weighted by Gasteiger charge is -2.25. The molecular weight excluding hydrogens is 268 g/mol. The SMILES string of the molecule is O=C(NC1CCC(O)CC1)c1ccc(C#CCCO)cn1. The molecular formula is C16H20N2O3. The topological polar surface area (TPSA) is 82.5 Å². The molecule has 1 aromatic heterocycles. The molecule has 0 aromatic carbocycles. The molecule has 1 aliphatic rings. The molecule has 3 N–H and O–H groups in total. The van der Waals surface area contributed by atoms with E-state index < -0.39 is 0 Å². The van der Waals surface area contributed by atoms with Crippen molar-refractivity contribution in [2.75, 3.05) is 6.61 Å². The first kappa shape index (κ1) is 15.5. The maximum Gasteiger partial charge on any atom is 0.270 e. The van der Waals surface area contributed by atoms with Crippen LogP contribution in [0.2, 0.25) is 0 Å². The predicted octanol–water partition coefficient (Wildman–Crippen LogP) is 0.849. The number of carbonyl (C=O) groups is 1. The van der Waals surface area contributed by atoms with Crippen LogP contribution in [0.25, 0.3) is 0 Å². The zero-order chi connectivity index (χ0) is 15.1. The van der Waals surface area contributed by atoms with E-state index >= 15 is 0 Å². The molecule has 1 amide bonds. The van der Waals surface area contributed by atoms with Gasteiger partial charge in [0.25, 0.3) is 5.91 Å². The van der Waals surface area contributed by atoms with E-state index in [9.17, 15) is 9.90 Å². The van der Waals surface area contributed by atoms with Crippen LogP contribution in [0, 0.1) is 11.8 Å². The molecule has 5 nitrogen and oxygen atoms in total. The Morgan fingerprint density at radius 3 is 2.71 bits per heavy atom. The number of pyridine rings is 1. The van der Waals surface area contributed by atoms with Gasteiger partial charge in [-0.05, 0) is 37.8 Å². The third-order valence-corrected chi connectivity index (χ3v) is 3.50. The molecule has 0 saturated heterocycles. The standard InChI is InChI=1S/C16H20N2O3/c19-10-2-1-3-12-4-9-15(17-11-12)16(21)18-13-5-7-14(20)8-6-13/h4,9,11,13-14,19-20H,2,5-8,10H2,(H,18,21). The molecule has 0 unspecified atom stereocenters. The van der Waals surface area contributed by atoms with E-state index in [0.717, 1.165) is 31.2 Å². The Hall–Kier alpha value is -1.90. The number of hydrogen-bond acceptors (Lipinski definition) is 4. The highest BCUT2D eigenvalue weighted by Gasteiger charge is 2.21. The minimum Gasteiger partial charge on any atom is -0.395 e. The molecule has 5 heteroatoms. The molecule has 0 bridgehead atoms. The van der Waals surface area contributed by atoms with E-state index in [-0.39, 0.29) is 24.7 Å². The first-order chi connectivity index (χ1) is 10.2. The van der Waals surface area contributed by atoms with Crippen LogP contribution in [0.15, 0.2) is 18.3 Å². The third kappa shape index (κ3) is 4.85. The predicted molar refractivity (Wildman–Crippen MR) is 78.5 cm³/mol. The van der Waals surface area contributed by atoms with Crippen LogP contribution in [0.3, 0.4) is 0 Å². The number of rotatable bonds is 3. The highest BCUT2D eigenvalue weighted by atomic mass is 16.3. The van der Waals surface area contributed by atoms with E-state index in [0.29, 0.717) is 12.1 Å². The smallest absolute Gasteiger partial charge is 0.270 e. The minimum atomic E-state index is -0.229. The Kier molecular flexibility index (Phi) is 5.73. The lowest BCUT2D eigenvalue weighted by molar-refractivity contribution is 0.0863. The Bertz CT molecular complexity index is 523. The summed E-state index contributed by atoms with van der Waals surface area (Å²) in [5.41, 5.74) is 1.09. The van der Waals surface area contributed by atoms with Crippen molar-refractivity contribution in [1.82, 2.24) is 10.3 Å². The van der Waals surface area contributed by atoms with Gasteiger partial charge in [-0.15, -0.1) is 0 Å². The molecule has 0 radical (unpaired) electrons. The Labute approximate surface area is 124 Å². The van der Waals surface area contributed by atoms with E-state index in [4.69, 9.17) is 5.11 Å². The molecule has 0 spiro atoms. The van der Waals surface area contributed by atoms with Crippen LogP contribution in [0.5, 0.6) is 0 Å². The first-order valence-electron chi connectivity index (χ1n) is 7.23. The summed E-state index contributed by atoms with van der Waals surface area (Å²) >= 11 is 0. The van der Waals surface area contributed by atoms with Crippen LogP contribution in [0.1, 0.15) is 48.2 Å². The lowest BCUT2D eigenvalue weighted by Crippen LogP contribution is -2.38. The fourth-order valence-corrected chi connectivity index (χ4v) is 2.30. The number of amides is 1. The maximum absolute atomic E-state index is 12.1. The summed E-state index contributed by atoms with van der Waals surface area (Å²) in [6, 6.07) is 3.51. The lowest BCUT2D eigenvalue weighted by atomic mass is 9.93. The summed E-state index contributed by atoms with van der Waals surface area (Å²) in [6.45, 7) is 0.0387. The highest BCUT2D eigenvalue weighted by molar-refractivity contribution is 5.92. The van der Waals surface area contributed by atoms with E-state index in [1.165, 1.54) is 0 Å². The second-order valence-electron chi connectivity index (χ2n) is 5.19. The molecule has 1 heterocycles. The zero-order valence-electron chi connectivity index (χ0n) is 11.9. The van der Waals surface area contributed by atoms with E-state index in [1.807, 2.05) is 0 Å². The molecule has 1 aliphatic carbocycles. The van der Waals surface area contributed by atoms with Gasteiger partial charge in [-0.2, -0.15) is 0 Å². The van der Waals surface area contributed by atoms with Gasteiger partial charge in [0, 0.05) is 24.2 Å². The van der Waals surface area contributed by atoms with E-state index in [1.54, 1.807) is 18.3 Å². The average molecular weight is 288 g/mol. The zero-order valence-corrected chi connectivity index (χ0v) is 11.9. The average Bonchev–Trinajstić information content (AvgIpc) is 2.50. The van der Waals surface area contributed by atoms with Crippen molar-refractivity contribution in [2.45, 2.75) is 44.2 Å². The number of aromatic nitrogens is 1. The maximum atomic E-state index is 12.1. The van der Waals surface area contributed by atoms with Gasteiger partial charge in [0.05, 0.1) is 12.7 Å². The highest BCUT2D eigenvalue weighted by Crippen LogP contribution is 2.18. The molecule has 0 atom stereocenters. The van der Waals surface area contributed by atoms with Crippen molar-refractivity contribution in [3.05, 3.63) is 29.6 Å². The third-order valence-electron chi connectivity index (χ3n) is 3.50. The summed E-state index contributed by atoms with van der Waals surface area (Å²) in [6.07, 6.45) is 4.83. The number of aliphatic hydroxyl groups excluding tert-OH is 2. The number of hydrogen-bond donors (Lipinski definition) is 3. The molecule has 112 valence electrons. The van der Waals surface area contributed by atoms with Crippen molar-refractivity contribution < 1.29 is 15.0 Å². The van der Waals surface area contributed by atoms with Gasteiger partial charge < -0.3 is 15.5 Å². The largest absolute Gasteiger partial charge is 0.395 e. The van der Waals surface area contributed by atoms with Crippen molar-refractivity contribution >= 4 is 5.91 Å². The van der Waals surface area contributed by atoms with Crippen molar-refractivity contribution in [1.29, 1.82) is 0 Å². The number of aliphatic hydroxyl groups is 2. The first-order valence-corrected chi connectivity index (χ1v) is 7.23. The summed E-state index contributed by atoms with van der Waals surface area (Å²) in [5.74, 6) is 5.48. The van der Waals surface area contributed by atoms with Crippen LogP contribution in [0.4, 0.5) is 0 Å². The van der Waals surface area contributed by atoms with Crippen LogP contribution in [-0.4, -0.2) is 39.9 Å². The van der Waals surface area contributed by atoms with Crippen molar-refractivity contribution in [3.63, 3.8) is 0 Å². The molecule has 0 aliphatic heterocycles. The summed E-state index contributed by atoms with van der Waals surface area (Å²) in [4.78, 5) is 16.2. The van der Waals surface area contributed by atoms with Gasteiger partial charge in [-0.1, -0.05) is 11.8 Å². The van der Waals surface area contributed by atoms with Crippen molar-refractivity contribution in [2.24, 2.45) is 0 Å². The molecule has 1 fully saturated rings. The quantitative estimate of drug-likeness (QED) is 0.720. The second-order valence-corrected chi connectivity index (χ2v) is 5.19. The van der Waals surface area contributed by atoms with Crippen molar-refractivity contribution in [3.8, 4) is 11.8 Å². The molecule has 1 aromatic rings. The fraction of sp³-hybridized carbons (Fsp3) is 0.500. The molecule has 1 saturated carbocycles. The van der Waals surface area contributed by atoms with Gasteiger partial charge >= 0.3 is 0 Å². The normalized spacial score (nSPS) is 21.2. The van der Waals surface area contributed by atoms with Crippen LogP contribution in [-0.2, 0) is 0 Å². The van der Waals surface area contributed by atoms with Crippen LogP contribution >= 0.6 is 0 Å². The van der Waals surface area contributed by atoms with Gasteiger partial charge in [-0.3, -0.25) is 4.79 Å². The Morgan fingerprint density at radius 1 is 1.33 bits per heavy atom. The van der Waals surface area contributed by atoms with Gasteiger partial charge in [-0.25, -0.2) is 4.98 Å². The minimum absolute atomic E-state index is 0.0387. The number of nitrogens with one attached hydrogen (secondary N) is 1. The Balaban J connectivity index is 1.89. The number of carbonyl (C=O) groups excluding carboxylic acids is 1. The Morgan fingerprint density at radius 2 is 2.10 bits per heavy atom. The van der Waals surface area contributed by atoms with Gasteiger partial charge in [0.15, 0.2) is 0 Å². The van der Waals surface area contributed by atoms with Gasteiger partial charge in [0.1, 0.15) is 5.69 Å².